The van der Waals surface area contributed by atoms with Crippen LogP contribution < -0.4 is 10.5 Å². The number of phenolic OH excluding ortho intramolecular Hbond substituents is 1. The molecule has 0 saturated carbocycles. The lowest BCUT2D eigenvalue weighted by molar-refractivity contribution is -0.0330. The van der Waals surface area contributed by atoms with E-state index in [4.69, 9.17) is 10.5 Å². The molecule has 0 amide bonds. The summed E-state index contributed by atoms with van der Waals surface area (Å²) in [5.74, 6) is -0.317. The monoisotopic (exact) mass is 482 g/mol. The summed E-state index contributed by atoms with van der Waals surface area (Å²) in [5.41, 5.74) is 6.76. The molecule has 1 aliphatic heterocycles. The van der Waals surface area contributed by atoms with E-state index in [1.54, 1.807) is 18.2 Å². The summed E-state index contributed by atoms with van der Waals surface area (Å²) >= 11 is 4.28. The van der Waals surface area contributed by atoms with Gasteiger partial charge in [0.1, 0.15) is 35.9 Å². The molecule has 5 atom stereocenters. The van der Waals surface area contributed by atoms with Crippen LogP contribution in [0.5, 0.6) is 5.75 Å². The van der Waals surface area contributed by atoms with E-state index in [0.29, 0.717) is 16.7 Å². The van der Waals surface area contributed by atoms with Gasteiger partial charge in [-0.15, -0.1) is 0 Å². The first kappa shape index (κ1) is 22.7. The summed E-state index contributed by atoms with van der Waals surface area (Å²) in [5, 5.41) is 30.0. The molecule has 12 nitrogen and oxygen atoms in total. The maximum atomic E-state index is 12.5. The number of nitrogens with one attached hydrogen (secondary N) is 1. The van der Waals surface area contributed by atoms with Crippen molar-refractivity contribution in [3.63, 3.8) is 0 Å². The number of nitrogen functional groups attached to an aromatic ring is 1. The SMILES string of the molecule is Nc1ncnc2c1ncn2[C@@H]1O[C@H](CNS(=O)(=O)C[C@@H](S)c2ccccc2O)[C@@H](O)[C@H]1O. The molecule has 1 aromatic carbocycles. The number of aromatic hydroxyl groups is 1. The predicted molar refractivity (Wildman–Crippen MR) is 117 cm³/mol. The Hall–Kier alpha value is -2.49. The normalized spacial score (nSPS) is 24.7. The lowest BCUT2D eigenvalue weighted by Crippen LogP contribution is -2.40. The van der Waals surface area contributed by atoms with E-state index < -0.39 is 45.6 Å². The Labute approximate surface area is 188 Å². The Kier molecular flexibility index (Phi) is 6.24. The first-order chi connectivity index (χ1) is 15.2. The average molecular weight is 483 g/mol. The molecule has 1 saturated heterocycles. The lowest BCUT2D eigenvalue weighted by Gasteiger charge is -2.17. The number of sulfonamides is 1. The van der Waals surface area contributed by atoms with Crippen molar-refractivity contribution in [2.75, 3.05) is 18.0 Å². The van der Waals surface area contributed by atoms with E-state index in [1.807, 2.05) is 0 Å². The minimum absolute atomic E-state index is 0.0554. The highest BCUT2D eigenvalue weighted by Gasteiger charge is 2.44. The molecule has 0 unspecified atom stereocenters. The first-order valence-corrected chi connectivity index (χ1v) is 11.7. The summed E-state index contributed by atoms with van der Waals surface area (Å²) in [4.78, 5) is 12.0. The molecule has 0 radical (unpaired) electrons. The number of fused-ring (bicyclic) bond motifs is 1. The van der Waals surface area contributed by atoms with E-state index in [0.717, 1.165) is 0 Å². The van der Waals surface area contributed by atoms with Gasteiger partial charge in [0, 0.05) is 17.4 Å². The number of benzene rings is 1. The summed E-state index contributed by atoms with van der Waals surface area (Å²) in [6.07, 6.45) is -2.25. The predicted octanol–water partition coefficient (Wildman–Crippen LogP) is -0.676. The number of phenols is 1. The quantitative estimate of drug-likeness (QED) is 0.236. The number of aromatic nitrogens is 4. The molecule has 172 valence electrons. The molecule has 6 N–H and O–H groups in total. The fourth-order valence-electron chi connectivity index (χ4n) is 3.52. The Morgan fingerprint density at radius 1 is 1.22 bits per heavy atom. The first-order valence-electron chi connectivity index (χ1n) is 9.56. The minimum Gasteiger partial charge on any atom is -0.508 e. The van der Waals surface area contributed by atoms with Crippen LogP contribution in [0.3, 0.4) is 0 Å². The minimum atomic E-state index is -3.85. The fraction of sp³-hybridized carbons (Fsp3) is 0.389. The van der Waals surface area contributed by atoms with Crippen LogP contribution in [0.25, 0.3) is 11.2 Å². The van der Waals surface area contributed by atoms with Crippen LogP contribution in [-0.4, -0.2) is 73.9 Å². The summed E-state index contributed by atoms with van der Waals surface area (Å²) < 4.78 is 34.5. The standard InChI is InChI=1S/C18H22N6O6S2/c19-16-13-17(21-7-20-16)24(8-22-13)18-15(27)14(26)11(30-18)5-23-32(28,29)6-12(31)9-3-1-2-4-10(9)25/h1-4,7-8,11-12,14-15,18,23,25-27,31H,5-6H2,(H2,19,20,21)/t11-,12-,14-,15-,18-/m1/s1. The zero-order valence-electron chi connectivity index (χ0n) is 16.6. The number of ether oxygens (including phenoxy) is 1. The van der Waals surface area contributed by atoms with Crippen LogP contribution in [0.1, 0.15) is 17.0 Å². The number of hydrogen-bond acceptors (Lipinski definition) is 11. The number of nitrogens with two attached hydrogens (primary N) is 1. The molecule has 0 spiro atoms. The number of aliphatic hydroxyl groups is 2. The van der Waals surface area contributed by atoms with E-state index in [1.165, 1.54) is 23.3 Å². The van der Waals surface area contributed by atoms with E-state index in [2.05, 4.69) is 32.3 Å². The molecule has 14 heteroatoms. The van der Waals surface area contributed by atoms with Gasteiger partial charge in [-0.25, -0.2) is 28.1 Å². The van der Waals surface area contributed by atoms with Crippen molar-refractivity contribution in [3.8, 4) is 5.75 Å². The highest BCUT2D eigenvalue weighted by atomic mass is 32.2. The van der Waals surface area contributed by atoms with Gasteiger partial charge in [-0.3, -0.25) is 4.57 Å². The highest BCUT2D eigenvalue weighted by molar-refractivity contribution is 7.90. The number of para-hydroxylation sites is 1. The molecular weight excluding hydrogens is 460 g/mol. The molecule has 3 aromatic rings. The third kappa shape index (κ3) is 4.37. The van der Waals surface area contributed by atoms with Gasteiger partial charge in [0.2, 0.25) is 10.0 Å². The fourth-order valence-corrected chi connectivity index (χ4v) is 5.46. The van der Waals surface area contributed by atoms with Crippen LogP contribution in [0.4, 0.5) is 5.82 Å². The maximum Gasteiger partial charge on any atom is 0.213 e. The van der Waals surface area contributed by atoms with Gasteiger partial charge in [0.25, 0.3) is 0 Å². The molecule has 32 heavy (non-hydrogen) atoms. The van der Waals surface area contributed by atoms with Gasteiger partial charge in [-0.2, -0.15) is 12.6 Å². The second-order valence-corrected chi connectivity index (χ2v) is 9.81. The zero-order valence-corrected chi connectivity index (χ0v) is 18.3. The molecule has 0 aliphatic carbocycles. The summed E-state index contributed by atoms with van der Waals surface area (Å²) in [6, 6.07) is 6.32. The molecular formula is C18H22N6O6S2. The van der Waals surface area contributed by atoms with Gasteiger partial charge in [-0.1, -0.05) is 18.2 Å². The van der Waals surface area contributed by atoms with E-state index >= 15 is 0 Å². The number of aliphatic hydroxyl groups excluding tert-OH is 2. The van der Waals surface area contributed by atoms with Gasteiger partial charge < -0.3 is 25.8 Å². The smallest absolute Gasteiger partial charge is 0.213 e. The van der Waals surface area contributed by atoms with Crippen LogP contribution in [0, 0.1) is 0 Å². The third-order valence-electron chi connectivity index (χ3n) is 5.18. The van der Waals surface area contributed by atoms with Crippen molar-refractivity contribution in [1.82, 2.24) is 24.2 Å². The number of anilines is 1. The molecule has 2 aromatic heterocycles. The van der Waals surface area contributed by atoms with Crippen LogP contribution in [0.15, 0.2) is 36.9 Å². The van der Waals surface area contributed by atoms with Crippen molar-refractivity contribution in [2.45, 2.75) is 29.8 Å². The Bertz CT molecular complexity index is 1220. The molecule has 1 fully saturated rings. The van der Waals surface area contributed by atoms with Crippen molar-refractivity contribution in [2.24, 2.45) is 0 Å². The number of hydrogen-bond donors (Lipinski definition) is 6. The van der Waals surface area contributed by atoms with Gasteiger partial charge in [0.05, 0.1) is 12.1 Å². The summed E-state index contributed by atoms with van der Waals surface area (Å²) in [6.45, 7) is -0.290. The number of imidazole rings is 1. The number of thiol groups is 1. The second-order valence-electron chi connectivity index (χ2n) is 7.33. The second kappa shape index (κ2) is 8.80. The largest absolute Gasteiger partial charge is 0.508 e. The van der Waals surface area contributed by atoms with Gasteiger partial charge in [0.15, 0.2) is 17.7 Å². The zero-order chi connectivity index (χ0) is 23.0. The van der Waals surface area contributed by atoms with Crippen LogP contribution in [-0.2, 0) is 14.8 Å². The number of nitrogens with zero attached hydrogens (tertiary/aromatic N) is 4. The van der Waals surface area contributed by atoms with Gasteiger partial charge in [-0.05, 0) is 6.07 Å². The molecule has 3 heterocycles. The molecule has 1 aliphatic rings. The summed E-state index contributed by atoms with van der Waals surface area (Å²) in [7, 11) is -3.85. The van der Waals surface area contributed by atoms with Crippen molar-refractivity contribution in [3.05, 3.63) is 42.5 Å². The molecule has 4 rings (SSSR count). The lowest BCUT2D eigenvalue weighted by atomic mass is 10.1. The van der Waals surface area contributed by atoms with E-state index in [9.17, 15) is 23.7 Å². The highest BCUT2D eigenvalue weighted by Crippen LogP contribution is 2.32. The van der Waals surface area contributed by atoms with Crippen molar-refractivity contribution < 1.29 is 28.5 Å². The van der Waals surface area contributed by atoms with Crippen molar-refractivity contribution >= 4 is 39.6 Å². The topological polar surface area (TPSA) is 186 Å². The van der Waals surface area contributed by atoms with Crippen LogP contribution in [0.2, 0.25) is 0 Å². The van der Waals surface area contributed by atoms with Crippen LogP contribution >= 0.6 is 12.6 Å². The van der Waals surface area contributed by atoms with Crippen molar-refractivity contribution in [1.29, 1.82) is 0 Å². The Morgan fingerprint density at radius 3 is 2.72 bits per heavy atom. The average Bonchev–Trinajstić information content (AvgIpc) is 3.29. The number of rotatable bonds is 7. The maximum absolute atomic E-state index is 12.5. The molecule has 0 bridgehead atoms. The Morgan fingerprint density at radius 2 is 1.97 bits per heavy atom. The third-order valence-corrected chi connectivity index (χ3v) is 7.26. The Balaban J connectivity index is 1.43. The van der Waals surface area contributed by atoms with E-state index in [-0.39, 0.29) is 18.1 Å². The van der Waals surface area contributed by atoms with Gasteiger partial charge >= 0.3 is 0 Å².